The summed E-state index contributed by atoms with van der Waals surface area (Å²) in [5.74, 6) is 0.192. The number of carbonyl (C=O) groups excluding carboxylic acids is 1. The second-order valence-corrected chi connectivity index (χ2v) is 7.42. The zero-order valence-corrected chi connectivity index (χ0v) is 14.6. The van der Waals surface area contributed by atoms with Crippen LogP contribution in [0.1, 0.15) is 38.8 Å². The Bertz CT molecular complexity index is 562. The molecule has 126 valence electrons. The fourth-order valence-corrected chi connectivity index (χ4v) is 4.02. The largest absolute Gasteiger partial charge is 0.373 e. The molecule has 1 aliphatic carbocycles. The van der Waals surface area contributed by atoms with Crippen molar-refractivity contribution in [2.45, 2.75) is 51.9 Å². The third-order valence-corrected chi connectivity index (χ3v) is 5.11. The van der Waals surface area contributed by atoms with Gasteiger partial charge in [0.2, 0.25) is 5.91 Å². The molecule has 1 aliphatic heterocycles. The zero-order chi connectivity index (χ0) is 16.2. The Labute approximate surface area is 141 Å². The second kappa shape index (κ2) is 7.55. The van der Waals surface area contributed by atoms with Gasteiger partial charge in [-0.05, 0) is 33.1 Å². The van der Waals surface area contributed by atoms with Crippen LogP contribution >= 0.6 is 11.3 Å². The summed E-state index contributed by atoms with van der Waals surface area (Å²) < 4.78 is 5.76. The molecule has 0 bridgehead atoms. The fraction of sp³-hybridized carbons (Fsp3) is 0.647. The number of carbonyl (C=O) groups is 1. The Morgan fingerprint density at radius 1 is 1.39 bits per heavy atom. The van der Waals surface area contributed by atoms with Gasteiger partial charge in [-0.1, -0.05) is 12.2 Å². The van der Waals surface area contributed by atoms with E-state index in [9.17, 15) is 4.79 Å². The summed E-state index contributed by atoms with van der Waals surface area (Å²) in [5.41, 5.74) is 1.02. The number of nitrogens with zero attached hydrogens (tertiary/aromatic N) is 2. The number of anilines is 1. The van der Waals surface area contributed by atoms with E-state index in [1.54, 1.807) is 0 Å². The van der Waals surface area contributed by atoms with E-state index >= 15 is 0 Å². The first-order valence-electron chi connectivity index (χ1n) is 8.38. The molecular weight excluding hydrogens is 310 g/mol. The number of thiazole rings is 1. The van der Waals surface area contributed by atoms with Gasteiger partial charge in [0.05, 0.1) is 17.9 Å². The first kappa shape index (κ1) is 16.6. The maximum atomic E-state index is 12.2. The van der Waals surface area contributed by atoms with Crippen LogP contribution in [0.3, 0.4) is 0 Å². The molecular formula is C17H25N3O2S. The molecule has 0 radical (unpaired) electrons. The summed E-state index contributed by atoms with van der Waals surface area (Å²) >= 11 is 1.51. The number of nitrogens with one attached hydrogen (secondary N) is 1. The molecule has 0 unspecified atom stereocenters. The van der Waals surface area contributed by atoms with E-state index in [1.165, 1.54) is 11.3 Å². The van der Waals surface area contributed by atoms with Crippen molar-refractivity contribution >= 4 is 22.4 Å². The van der Waals surface area contributed by atoms with E-state index < -0.39 is 0 Å². The van der Waals surface area contributed by atoms with Crippen LogP contribution in [0.4, 0.5) is 5.13 Å². The summed E-state index contributed by atoms with van der Waals surface area (Å²) in [6.07, 6.45) is 7.54. The molecule has 2 heterocycles. The van der Waals surface area contributed by atoms with Crippen LogP contribution in [0.2, 0.25) is 0 Å². The number of hydrogen-bond acceptors (Lipinski definition) is 5. The van der Waals surface area contributed by atoms with Crippen molar-refractivity contribution in [3.8, 4) is 0 Å². The Hall–Kier alpha value is -1.24. The van der Waals surface area contributed by atoms with Gasteiger partial charge in [0.25, 0.3) is 0 Å². The van der Waals surface area contributed by atoms with Gasteiger partial charge >= 0.3 is 0 Å². The van der Waals surface area contributed by atoms with Crippen LogP contribution < -0.4 is 5.32 Å². The van der Waals surface area contributed by atoms with Gasteiger partial charge in [0, 0.05) is 30.9 Å². The van der Waals surface area contributed by atoms with Crippen molar-refractivity contribution in [2.24, 2.45) is 5.92 Å². The van der Waals surface area contributed by atoms with E-state index in [4.69, 9.17) is 4.74 Å². The highest BCUT2D eigenvalue weighted by Crippen LogP contribution is 2.23. The highest BCUT2D eigenvalue weighted by atomic mass is 32.1. The second-order valence-electron chi connectivity index (χ2n) is 6.57. The number of rotatable bonds is 4. The van der Waals surface area contributed by atoms with Crippen molar-refractivity contribution < 1.29 is 9.53 Å². The Kier molecular flexibility index (Phi) is 5.46. The van der Waals surface area contributed by atoms with Gasteiger partial charge < -0.3 is 10.1 Å². The number of morpholine rings is 1. The van der Waals surface area contributed by atoms with E-state index in [1.807, 2.05) is 5.38 Å². The molecule has 1 fully saturated rings. The average Bonchev–Trinajstić information content (AvgIpc) is 2.94. The minimum Gasteiger partial charge on any atom is -0.373 e. The summed E-state index contributed by atoms with van der Waals surface area (Å²) in [5, 5.41) is 5.74. The molecule has 0 spiro atoms. The van der Waals surface area contributed by atoms with Gasteiger partial charge in [-0.3, -0.25) is 9.69 Å². The normalized spacial score (nSPS) is 28.7. The standard InChI is InChI=1S/C17H25N3O2S/c1-12-8-20(9-13(2)22-12)10-15-11-23-17(18-15)19-16(21)14-6-4-3-5-7-14/h3-4,11-14H,5-10H2,1-2H3,(H,18,19,21)/t12-,13-,14+/m1/s1. The monoisotopic (exact) mass is 335 g/mol. The van der Waals surface area contributed by atoms with Gasteiger partial charge in [0.15, 0.2) is 5.13 Å². The maximum Gasteiger partial charge on any atom is 0.229 e. The predicted octanol–water partition coefficient (Wildman–Crippen LogP) is 3.05. The third-order valence-electron chi connectivity index (χ3n) is 4.30. The van der Waals surface area contributed by atoms with Crippen molar-refractivity contribution in [1.29, 1.82) is 0 Å². The van der Waals surface area contributed by atoms with Crippen molar-refractivity contribution in [2.75, 3.05) is 18.4 Å². The van der Waals surface area contributed by atoms with Crippen LogP contribution in [-0.4, -0.2) is 41.1 Å². The van der Waals surface area contributed by atoms with E-state index in [0.717, 1.165) is 44.6 Å². The molecule has 1 aromatic heterocycles. The van der Waals surface area contributed by atoms with E-state index in [0.29, 0.717) is 5.13 Å². The Balaban J connectivity index is 1.53. The molecule has 3 atom stereocenters. The van der Waals surface area contributed by atoms with Crippen LogP contribution in [-0.2, 0) is 16.1 Å². The maximum absolute atomic E-state index is 12.2. The molecule has 23 heavy (non-hydrogen) atoms. The Morgan fingerprint density at radius 2 is 2.17 bits per heavy atom. The number of ether oxygens (including phenoxy) is 1. The topological polar surface area (TPSA) is 54.5 Å². The molecule has 3 rings (SSSR count). The number of allylic oxidation sites excluding steroid dienone is 2. The van der Waals surface area contributed by atoms with E-state index in [2.05, 4.69) is 41.2 Å². The third kappa shape index (κ3) is 4.62. The van der Waals surface area contributed by atoms with Gasteiger partial charge in [-0.2, -0.15) is 0 Å². The van der Waals surface area contributed by atoms with Crippen molar-refractivity contribution in [3.63, 3.8) is 0 Å². The number of aromatic nitrogens is 1. The Morgan fingerprint density at radius 3 is 2.87 bits per heavy atom. The van der Waals surface area contributed by atoms with Crippen LogP contribution in [0.15, 0.2) is 17.5 Å². The molecule has 1 saturated heterocycles. The lowest BCUT2D eigenvalue weighted by molar-refractivity contribution is -0.120. The fourth-order valence-electron chi connectivity index (χ4n) is 3.32. The smallest absolute Gasteiger partial charge is 0.229 e. The molecule has 0 aromatic carbocycles. The molecule has 1 amide bonds. The first-order valence-corrected chi connectivity index (χ1v) is 9.26. The molecule has 1 N–H and O–H groups in total. The molecule has 6 heteroatoms. The lowest BCUT2D eigenvalue weighted by Crippen LogP contribution is -2.44. The number of amides is 1. The molecule has 1 aromatic rings. The van der Waals surface area contributed by atoms with Crippen molar-refractivity contribution in [3.05, 3.63) is 23.2 Å². The zero-order valence-electron chi connectivity index (χ0n) is 13.8. The highest BCUT2D eigenvalue weighted by Gasteiger charge is 2.23. The lowest BCUT2D eigenvalue weighted by atomic mass is 9.94. The average molecular weight is 335 g/mol. The highest BCUT2D eigenvalue weighted by molar-refractivity contribution is 7.13. The first-order chi connectivity index (χ1) is 11.1. The van der Waals surface area contributed by atoms with Crippen LogP contribution in [0.5, 0.6) is 0 Å². The van der Waals surface area contributed by atoms with Gasteiger partial charge in [-0.25, -0.2) is 4.98 Å². The quantitative estimate of drug-likeness (QED) is 0.859. The summed E-state index contributed by atoms with van der Waals surface area (Å²) in [4.78, 5) is 19.2. The minimum absolute atomic E-state index is 0.0910. The summed E-state index contributed by atoms with van der Waals surface area (Å²) in [6, 6.07) is 0. The van der Waals surface area contributed by atoms with Crippen LogP contribution in [0, 0.1) is 5.92 Å². The van der Waals surface area contributed by atoms with Crippen molar-refractivity contribution in [1.82, 2.24) is 9.88 Å². The summed E-state index contributed by atoms with van der Waals surface area (Å²) in [7, 11) is 0. The minimum atomic E-state index is 0.0910. The van der Waals surface area contributed by atoms with Gasteiger partial charge in [0.1, 0.15) is 0 Å². The summed E-state index contributed by atoms with van der Waals surface area (Å²) in [6.45, 7) is 6.88. The predicted molar refractivity (Wildman–Crippen MR) is 92.5 cm³/mol. The molecule has 5 nitrogen and oxygen atoms in total. The molecule has 2 aliphatic rings. The van der Waals surface area contributed by atoms with Crippen LogP contribution in [0.25, 0.3) is 0 Å². The van der Waals surface area contributed by atoms with Gasteiger partial charge in [-0.15, -0.1) is 11.3 Å². The molecule has 0 saturated carbocycles. The lowest BCUT2D eigenvalue weighted by Gasteiger charge is -2.34. The SMILES string of the molecule is C[C@@H]1CN(Cc2csc(NC(=O)[C@H]3CC=CCC3)n2)C[C@@H](C)O1. The van der Waals surface area contributed by atoms with E-state index in [-0.39, 0.29) is 24.0 Å². The number of hydrogen-bond donors (Lipinski definition) is 1.